The van der Waals surface area contributed by atoms with Crippen molar-refractivity contribution in [3.05, 3.63) is 70.5 Å². The molecule has 3 N–H and O–H groups in total. The van der Waals surface area contributed by atoms with Crippen LogP contribution < -0.4 is 11.3 Å². The van der Waals surface area contributed by atoms with Crippen LogP contribution in [0, 0.1) is 29.1 Å². The maximum absolute atomic E-state index is 13.7. The second-order valence-electron chi connectivity index (χ2n) is 4.44. The van der Waals surface area contributed by atoms with Crippen LogP contribution in [-0.2, 0) is 6.42 Å². The lowest BCUT2D eigenvalue weighted by Crippen LogP contribution is -2.30. The SMILES string of the molecule is NNC(Cc1ccc(F)c(F)c1)c1ccc(F)c(F)c1F. The minimum atomic E-state index is -1.61. The minimum Gasteiger partial charge on any atom is -0.271 e. The lowest BCUT2D eigenvalue weighted by molar-refractivity contribution is 0.424. The summed E-state index contributed by atoms with van der Waals surface area (Å²) in [5.74, 6) is -1.11. The van der Waals surface area contributed by atoms with Crippen LogP contribution >= 0.6 is 0 Å². The quantitative estimate of drug-likeness (QED) is 0.394. The van der Waals surface area contributed by atoms with E-state index in [0.717, 1.165) is 24.3 Å². The van der Waals surface area contributed by atoms with Gasteiger partial charge in [0.2, 0.25) is 0 Å². The van der Waals surface area contributed by atoms with Gasteiger partial charge in [0.1, 0.15) is 0 Å². The molecule has 0 aliphatic carbocycles. The number of benzene rings is 2. The molecule has 0 fully saturated rings. The Morgan fingerprint density at radius 1 is 0.857 bits per heavy atom. The van der Waals surface area contributed by atoms with Gasteiger partial charge in [-0.2, -0.15) is 0 Å². The number of hydrazine groups is 1. The summed E-state index contributed by atoms with van der Waals surface area (Å²) in [6.07, 6.45) is -0.0321. The topological polar surface area (TPSA) is 38.0 Å². The fourth-order valence-electron chi connectivity index (χ4n) is 1.97. The van der Waals surface area contributed by atoms with Crippen molar-refractivity contribution in [1.82, 2.24) is 5.43 Å². The van der Waals surface area contributed by atoms with Gasteiger partial charge in [0.25, 0.3) is 0 Å². The third kappa shape index (κ3) is 3.20. The van der Waals surface area contributed by atoms with Gasteiger partial charge in [0.05, 0.1) is 6.04 Å². The maximum atomic E-state index is 13.7. The lowest BCUT2D eigenvalue weighted by Gasteiger charge is -2.17. The predicted octanol–water partition coefficient (Wildman–Crippen LogP) is 3.13. The molecule has 0 heterocycles. The summed E-state index contributed by atoms with van der Waals surface area (Å²) in [6, 6.07) is 4.02. The first-order valence-electron chi connectivity index (χ1n) is 5.97. The summed E-state index contributed by atoms with van der Waals surface area (Å²) in [5.41, 5.74) is 2.36. The Bertz CT molecular complexity index is 660. The normalized spacial score (nSPS) is 12.5. The van der Waals surface area contributed by atoms with Crippen molar-refractivity contribution in [2.24, 2.45) is 5.84 Å². The zero-order valence-electron chi connectivity index (χ0n) is 10.6. The Hall–Kier alpha value is -1.99. The Labute approximate surface area is 117 Å². The average Bonchev–Trinajstić information content (AvgIpc) is 2.47. The van der Waals surface area contributed by atoms with Gasteiger partial charge in [0, 0.05) is 5.56 Å². The van der Waals surface area contributed by atoms with Crippen molar-refractivity contribution in [1.29, 1.82) is 0 Å². The third-order valence-electron chi connectivity index (χ3n) is 3.07. The average molecular weight is 302 g/mol. The summed E-state index contributed by atoms with van der Waals surface area (Å²) in [6.45, 7) is 0. The molecule has 0 aromatic heterocycles. The fourth-order valence-corrected chi connectivity index (χ4v) is 1.97. The lowest BCUT2D eigenvalue weighted by atomic mass is 9.98. The molecule has 0 saturated heterocycles. The van der Waals surface area contributed by atoms with Crippen molar-refractivity contribution >= 4 is 0 Å². The highest BCUT2D eigenvalue weighted by atomic mass is 19.2. The van der Waals surface area contributed by atoms with Crippen molar-refractivity contribution in [3.63, 3.8) is 0 Å². The van der Waals surface area contributed by atoms with E-state index in [1.54, 1.807) is 0 Å². The highest BCUT2D eigenvalue weighted by molar-refractivity contribution is 5.27. The van der Waals surface area contributed by atoms with E-state index in [0.29, 0.717) is 5.56 Å². The maximum Gasteiger partial charge on any atom is 0.194 e. The van der Waals surface area contributed by atoms with E-state index in [2.05, 4.69) is 5.43 Å². The van der Waals surface area contributed by atoms with Gasteiger partial charge in [-0.3, -0.25) is 11.3 Å². The van der Waals surface area contributed by atoms with Crippen molar-refractivity contribution in [3.8, 4) is 0 Å². The molecule has 0 amide bonds. The fraction of sp³-hybridized carbons (Fsp3) is 0.143. The van der Waals surface area contributed by atoms with E-state index in [4.69, 9.17) is 5.84 Å². The predicted molar refractivity (Wildman–Crippen MR) is 66.4 cm³/mol. The monoisotopic (exact) mass is 302 g/mol. The molecule has 1 unspecified atom stereocenters. The van der Waals surface area contributed by atoms with Gasteiger partial charge in [-0.25, -0.2) is 22.0 Å². The first-order valence-corrected chi connectivity index (χ1v) is 5.97. The number of nitrogens with two attached hydrogens (primary N) is 1. The molecular weight excluding hydrogens is 291 g/mol. The van der Waals surface area contributed by atoms with Crippen LogP contribution in [0.15, 0.2) is 30.3 Å². The zero-order chi connectivity index (χ0) is 15.6. The summed E-state index contributed by atoms with van der Waals surface area (Å²) in [7, 11) is 0. The molecule has 0 radical (unpaired) electrons. The number of rotatable bonds is 4. The van der Waals surface area contributed by atoms with Crippen LogP contribution in [0.2, 0.25) is 0 Å². The number of nitrogens with one attached hydrogen (secondary N) is 1. The molecule has 0 bridgehead atoms. The van der Waals surface area contributed by atoms with Gasteiger partial charge in [-0.1, -0.05) is 12.1 Å². The summed E-state index contributed by atoms with van der Waals surface area (Å²) in [4.78, 5) is 0. The Morgan fingerprint density at radius 2 is 1.52 bits per heavy atom. The standard InChI is InChI=1S/C14H11F5N2/c15-9-3-1-7(5-11(9)17)6-12(21-20)8-2-4-10(16)14(19)13(8)18/h1-5,12,21H,6,20H2. The summed E-state index contributed by atoms with van der Waals surface area (Å²) >= 11 is 0. The van der Waals surface area contributed by atoms with Crippen molar-refractivity contribution in [2.75, 3.05) is 0 Å². The van der Waals surface area contributed by atoms with Crippen molar-refractivity contribution in [2.45, 2.75) is 12.5 Å². The molecule has 0 aliphatic heterocycles. The van der Waals surface area contributed by atoms with E-state index < -0.39 is 35.1 Å². The van der Waals surface area contributed by atoms with Crippen LogP contribution in [0.5, 0.6) is 0 Å². The van der Waals surface area contributed by atoms with Gasteiger partial charge in [0.15, 0.2) is 29.1 Å². The number of halogens is 5. The third-order valence-corrected chi connectivity index (χ3v) is 3.07. The van der Waals surface area contributed by atoms with Gasteiger partial charge >= 0.3 is 0 Å². The Morgan fingerprint density at radius 3 is 2.14 bits per heavy atom. The molecule has 0 aliphatic rings. The second-order valence-corrected chi connectivity index (χ2v) is 4.44. The molecule has 2 aromatic rings. The molecule has 2 rings (SSSR count). The Kier molecular flexibility index (Phi) is 4.54. The molecule has 2 nitrogen and oxygen atoms in total. The van der Waals surface area contributed by atoms with E-state index in [1.165, 1.54) is 6.07 Å². The smallest absolute Gasteiger partial charge is 0.194 e. The zero-order valence-corrected chi connectivity index (χ0v) is 10.6. The van der Waals surface area contributed by atoms with Gasteiger partial charge in [-0.05, 0) is 30.2 Å². The highest BCUT2D eigenvalue weighted by Gasteiger charge is 2.20. The largest absolute Gasteiger partial charge is 0.271 e. The van der Waals surface area contributed by atoms with E-state index >= 15 is 0 Å². The molecule has 0 saturated carbocycles. The van der Waals surface area contributed by atoms with Crippen LogP contribution in [-0.4, -0.2) is 0 Å². The second kappa shape index (κ2) is 6.19. The molecule has 112 valence electrons. The van der Waals surface area contributed by atoms with Gasteiger partial charge in [-0.15, -0.1) is 0 Å². The minimum absolute atomic E-state index is 0.0321. The molecule has 21 heavy (non-hydrogen) atoms. The van der Waals surface area contributed by atoms with Crippen LogP contribution in [0.4, 0.5) is 22.0 Å². The first kappa shape index (κ1) is 15.4. The van der Waals surface area contributed by atoms with Crippen molar-refractivity contribution < 1.29 is 22.0 Å². The van der Waals surface area contributed by atoms with E-state index in [1.807, 2.05) is 0 Å². The molecule has 0 spiro atoms. The summed E-state index contributed by atoms with van der Waals surface area (Å²) in [5, 5.41) is 0. The van der Waals surface area contributed by atoms with E-state index in [-0.39, 0.29) is 12.0 Å². The van der Waals surface area contributed by atoms with E-state index in [9.17, 15) is 22.0 Å². The molecule has 1 atom stereocenters. The summed E-state index contributed by atoms with van der Waals surface area (Å²) < 4.78 is 65.8. The van der Waals surface area contributed by atoms with Crippen LogP contribution in [0.3, 0.4) is 0 Å². The first-order chi connectivity index (χ1) is 9.93. The van der Waals surface area contributed by atoms with Gasteiger partial charge < -0.3 is 0 Å². The molecule has 2 aromatic carbocycles. The number of hydrogen-bond acceptors (Lipinski definition) is 2. The molecular formula is C14H11F5N2. The Balaban J connectivity index is 2.32. The molecule has 7 heteroatoms. The highest BCUT2D eigenvalue weighted by Crippen LogP contribution is 2.24. The van der Waals surface area contributed by atoms with Crippen LogP contribution in [0.1, 0.15) is 17.2 Å². The number of hydrogen-bond donors (Lipinski definition) is 2. The van der Waals surface area contributed by atoms with Crippen LogP contribution in [0.25, 0.3) is 0 Å².